The second-order valence-electron chi connectivity index (χ2n) is 4.33. The lowest BCUT2D eigenvalue weighted by Crippen LogP contribution is -2.12. The van der Waals surface area contributed by atoms with Crippen LogP contribution in [0.25, 0.3) is 0 Å². The van der Waals surface area contributed by atoms with Crippen LogP contribution in [0.1, 0.15) is 18.2 Å². The lowest BCUT2D eigenvalue weighted by atomic mass is 10.1. The van der Waals surface area contributed by atoms with E-state index in [4.69, 9.17) is 11.6 Å². The molecule has 1 aromatic heterocycles. The third-order valence-electron chi connectivity index (χ3n) is 3.01. The molecule has 0 bridgehead atoms. The van der Waals surface area contributed by atoms with Gasteiger partial charge in [0.25, 0.3) is 0 Å². The summed E-state index contributed by atoms with van der Waals surface area (Å²) in [5.41, 5.74) is 0.209. The van der Waals surface area contributed by atoms with E-state index in [1.54, 1.807) is 0 Å². The maximum atomic E-state index is 12.9. The highest BCUT2D eigenvalue weighted by atomic mass is 35.5. The molecule has 1 N–H and O–H groups in total. The van der Waals surface area contributed by atoms with Crippen molar-refractivity contribution in [1.82, 2.24) is 4.57 Å². The summed E-state index contributed by atoms with van der Waals surface area (Å²) in [5, 5.41) is 2.89. The Hall–Kier alpha value is -1.62. The normalized spacial score (nSPS) is 11.7. The minimum Gasteiger partial charge on any atom is -0.379 e. The van der Waals surface area contributed by atoms with E-state index in [1.165, 1.54) is 12.1 Å². The van der Waals surface area contributed by atoms with Crippen LogP contribution in [0.3, 0.4) is 0 Å². The van der Waals surface area contributed by atoms with E-state index in [0.717, 1.165) is 18.3 Å². The number of aryl methyl sites for hydroxylation is 1. The minimum absolute atomic E-state index is 0.0331. The number of anilines is 1. The molecule has 0 aliphatic rings. The molecule has 2 aromatic rings. The molecule has 0 saturated heterocycles. The zero-order chi connectivity index (χ0) is 14.8. The monoisotopic (exact) mass is 302 g/mol. The van der Waals surface area contributed by atoms with Crippen LogP contribution in [0.2, 0.25) is 5.02 Å². The number of hydrogen-bond acceptors (Lipinski definition) is 1. The van der Waals surface area contributed by atoms with Crippen molar-refractivity contribution in [2.24, 2.45) is 0 Å². The van der Waals surface area contributed by atoms with Gasteiger partial charge in [0.1, 0.15) is 0 Å². The molecule has 108 valence electrons. The molecule has 0 fully saturated rings. The van der Waals surface area contributed by atoms with E-state index in [-0.39, 0.29) is 10.7 Å². The Labute approximate surface area is 120 Å². The lowest BCUT2D eigenvalue weighted by Gasteiger charge is -2.15. The number of benzene rings is 1. The Bertz CT molecular complexity index is 590. The Balaban J connectivity index is 2.22. The first-order valence-corrected chi connectivity index (χ1v) is 6.54. The number of rotatable bonds is 4. The second kappa shape index (κ2) is 5.79. The Morgan fingerprint density at radius 3 is 2.65 bits per heavy atom. The fourth-order valence-electron chi connectivity index (χ4n) is 2.01. The number of aromatic nitrogens is 1. The quantitative estimate of drug-likeness (QED) is 0.859. The molecule has 1 aromatic carbocycles. The highest BCUT2D eigenvalue weighted by Gasteiger charge is 2.33. The molecule has 2 rings (SSSR count). The van der Waals surface area contributed by atoms with Gasteiger partial charge in [-0.15, -0.1) is 0 Å². The van der Waals surface area contributed by atoms with Gasteiger partial charge in [-0.3, -0.25) is 0 Å². The SMILES string of the molecule is CCn1cccc1CNc1ccc(Cl)cc1C(F)(F)F. The van der Waals surface area contributed by atoms with Crippen molar-refractivity contribution in [2.45, 2.75) is 26.2 Å². The standard InChI is InChI=1S/C14H14ClF3N2/c1-2-20-7-3-4-11(20)9-19-13-6-5-10(15)8-12(13)14(16,17)18/h3-8,19H,2,9H2,1H3. The van der Waals surface area contributed by atoms with E-state index in [2.05, 4.69) is 5.32 Å². The summed E-state index contributed by atoms with van der Waals surface area (Å²) in [6.45, 7) is 3.08. The minimum atomic E-state index is -4.43. The number of nitrogens with zero attached hydrogens (tertiary/aromatic N) is 1. The average Bonchev–Trinajstić information content (AvgIpc) is 2.83. The molecule has 0 saturated carbocycles. The van der Waals surface area contributed by atoms with Crippen molar-refractivity contribution in [3.8, 4) is 0 Å². The van der Waals surface area contributed by atoms with E-state index < -0.39 is 11.7 Å². The summed E-state index contributed by atoms with van der Waals surface area (Å²) >= 11 is 5.64. The molecule has 0 unspecified atom stereocenters. The molecule has 1 heterocycles. The van der Waals surface area contributed by atoms with Crippen molar-refractivity contribution < 1.29 is 13.2 Å². The van der Waals surface area contributed by atoms with Gasteiger partial charge < -0.3 is 9.88 Å². The molecule has 0 radical (unpaired) electrons. The molecule has 20 heavy (non-hydrogen) atoms. The zero-order valence-electron chi connectivity index (χ0n) is 10.8. The van der Waals surface area contributed by atoms with Gasteiger partial charge in [-0.05, 0) is 37.3 Å². The molecule has 0 atom stereocenters. The first kappa shape index (κ1) is 14.8. The molecular formula is C14H14ClF3N2. The summed E-state index contributed by atoms with van der Waals surface area (Å²) in [7, 11) is 0. The molecule has 0 amide bonds. The van der Waals surface area contributed by atoms with Crippen LogP contribution in [0.4, 0.5) is 18.9 Å². The average molecular weight is 303 g/mol. The predicted molar refractivity (Wildman–Crippen MR) is 73.9 cm³/mol. The van der Waals surface area contributed by atoms with Crippen LogP contribution >= 0.6 is 11.6 Å². The number of halogens is 4. The predicted octanol–water partition coefficient (Wildman–Crippen LogP) is 4.79. The lowest BCUT2D eigenvalue weighted by molar-refractivity contribution is -0.136. The second-order valence-corrected chi connectivity index (χ2v) is 4.76. The third kappa shape index (κ3) is 3.28. The van der Waals surface area contributed by atoms with E-state index >= 15 is 0 Å². The fourth-order valence-corrected chi connectivity index (χ4v) is 2.18. The van der Waals surface area contributed by atoms with Crippen molar-refractivity contribution in [3.63, 3.8) is 0 Å². The van der Waals surface area contributed by atoms with E-state index in [0.29, 0.717) is 6.54 Å². The summed E-state index contributed by atoms with van der Waals surface area (Å²) in [5.74, 6) is 0. The van der Waals surface area contributed by atoms with Gasteiger partial charge in [-0.1, -0.05) is 11.6 Å². The first-order valence-electron chi connectivity index (χ1n) is 6.16. The third-order valence-corrected chi connectivity index (χ3v) is 3.25. The van der Waals surface area contributed by atoms with Crippen LogP contribution in [0.15, 0.2) is 36.5 Å². The molecule has 2 nitrogen and oxygen atoms in total. The number of nitrogens with one attached hydrogen (secondary N) is 1. The molecule has 0 spiro atoms. The van der Waals surface area contributed by atoms with Crippen LogP contribution in [0.5, 0.6) is 0 Å². The van der Waals surface area contributed by atoms with Gasteiger partial charge in [0.05, 0.1) is 12.1 Å². The largest absolute Gasteiger partial charge is 0.418 e. The number of alkyl halides is 3. The van der Waals surface area contributed by atoms with Crippen molar-refractivity contribution in [3.05, 3.63) is 52.8 Å². The van der Waals surface area contributed by atoms with Gasteiger partial charge in [0, 0.05) is 29.1 Å². The van der Waals surface area contributed by atoms with Crippen molar-refractivity contribution in [1.29, 1.82) is 0 Å². The van der Waals surface area contributed by atoms with Gasteiger partial charge in [-0.25, -0.2) is 0 Å². The van der Waals surface area contributed by atoms with Crippen LogP contribution in [-0.4, -0.2) is 4.57 Å². The highest BCUT2D eigenvalue weighted by molar-refractivity contribution is 6.30. The summed E-state index contributed by atoms with van der Waals surface area (Å²) in [6, 6.07) is 7.47. The van der Waals surface area contributed by atoms with Gasteiger partial charge in [0.15, 0.2) is 0 Å². The van der Waals surface area contributed by atoms with Crippen molar-refractivity contribution >= 4 is 17.3 Å². The Morgan fingerprint density at radius 1 is 1.25 bits per heavy atom. The first-order chi connectivity index (χ1) is 9.41. The number of hydrogen-bond donors (Lipinski definition) is 1. The fraction of sp³-hybridized carbons (Fsp3) is 0.286. The maximum Gasteiger partial charge on any atom is 0.418 e. The van der Waals surface area contributed by atoms with Gasteiger partial charge in [-0.2, -0.15) is 13.2 Å². The molecule has 0 aliphatic carbocycles. The zero-order valence-corrected chi connectivity index (χ0v) is 11.6. The van der Waals surface area contributed by atoms with Crippen LogP contribution < -0.4 is 5.32 Å². The molecular weight excluding hydrogens is 289 g/mol. The van der Waals surface area contributed by atoms with E-state index in [1.807, 2.05) is 29.8 Å². The highest BCUT2D eigenvalue weighted by Crippen LogP contribution is 2.36. The maximum absolute atomic E-state index is 12.9. The van der Waals surface area contributed by atoms with Gasteiger partial charge in [0.2, 0.25) is 0 Å². The summed E-state index contributed by atoms with van der Waals surface area (Å²) in [4.78, 5) is 0. The summed E-state index contributed by atoms with van der Waals surface area (Å²) in [6.07, 6.45) is -2.54. The topological polar surface area (TPSA) is 17.0 Å². The summed E-state index contributed by atoms with van der Waals surface area (Å²) < 4.78 is 40.8. The molecule has 6 heteroatoms. The Morgan fingerprint density at radius 2 is 2.00 bits per heavy atom. The van der Waals surface area contributed by atoms with Crippen LogP contribution in [0, 0.1) is 0 Å². The smallest absolute Gasteiger partial charge is 0.379 e. The van der Waals surface area contributed by atoms with Crippen LogP contribution in [-0.2, 0) is 19.3 Å². The molecule has 0 aliphatic heterocycles. The van der Waals surface area contributed by atoms with E-state index in [9.17, 15) is 13.2 Å². The van der Waals surface area contributed by atoms with Gasteiger partial charge >= 0.3 is 6.18 Å². The Kier molecular flexibility index (Phi) is 4.28. The van der Waals surface area contributed by atoms with Crippen molar-refractivity contribution in [2.75, 3.05) is 5.32 Å².